The summed E-state index contributed by atoms with van der Waals surface area (Å²) < 4.78 is 5.11. The SMILES string of the molecule is COc1ccc(N2CC(C(=O)Nc3nc(C)cs3)CC2=O)cc1. The zero-order valence-electron chi connectivity index (χ0n) is 12.9. The number of amides is 2. The summed E-state index contributed by atoms with van der Waals surface area (Å²) in [6.45, 7) is 2.25. The number of carbonyl (C=O) groups excluding carboxylic acids is 2. The summed E-state index contributed by atoms with van der Waals surface area (Å²) in [5.74, 6) is 0.150. The molecular weight excluding hydrogens is 314 g/mol. The van der Waals surface area contributed by atoms with Crippen LogP contribution in [0, 0.1) is 12.8 Å². The molecule has 2 amide bonds. The van der Waals surface area contributed by atoms with Crippen molar-refractivity contribution in [2.75, 3.05) is 23.9 Å². The average molecular weight is 331 g/mol. The number of rotatable bonds is 4. The zero-order chi connectivity index (χ0) is 16.4. The van der Waals surface area contributed by atoms with Gasteiger partial charge in [-0.3, -0.25) is 9.59 Å². The number of benzene rings is 1. The molecule has 6 nitrogen and oxygen atoms in total. The van der Waals surface area contributed by atoms with Crippen LogP contribution in [0.5, 0.6) is 5.75 Å². The van der Waals surface area contributed by atoms with E-state index in [0.29, 0.717) is 11.7 Å². The van der Waals surface area contributed by atoms with Crippen molar-refractivity contribution < 1.29 is 14.3 Å². The number of aryl methyl sites for hydroxylation is 1. The number of nitrogens with zero attached hydrogens (tertiary/aromatic N) is 2. The Hall–Kier alpha value is -2.41. The third-order valence-electron chi connectivity index (χ3n) is 3.73. The first-order valence-electron chi connectivity index (χ1n) is 7.24. The highest BCUT2D eigenvalue weighted by atomic mass is 32.1. The summed E-state index contributed by atoms with van der Waals surface area (Å²) >= 11 is 1.38. The molecule has 0 bridgehead atoms. The standard InChI is InChI=1S/C16H17N3O3S/c1-10-9-23-16(17-10)18-15(21)11-7-14(20)19(8-11)12-3-5-13(22-2)6-4-12/h3-6,9,11H,7-8H2,1-2H3,(H,17,18,21). The summed E-state index contributed by atoms with van der Waals surface area (Å²) in [5.41, 5.74) is 1.64. The van der Waals surface area contributed by atoms with E-state index in [1.54, 1.807) is 24.1 Å². The highest BCUT2D eigenvalue weighted by Gasteiger charge is 2.35. The molecule has 0 aliphatic carbocycles. The molecule has 120 valence electrons. The van der Waals surface area contributed by atoms with Crippen molar-refractivity contribution in [2.45, 2.75) is 13.3 Å². The molecule has 3 rings (SSSR count). The Morgan fingerprint density at radius 1 is 1.39 bits per heavy atom. The molecule has 0 spiro atoms. The fraction of sp³-hybridized carbons (Fsp3) is 0.312. The second kappa shape index (κ2) is 6.37. The third-order valence-corrected chi connectivity index (χ3v) is 4.60. The summed E-state index contributed by atoms with van der Waals surface area (Å²) in [6.07, 6.45) is 0.211. The van der Waals surface area contributed by atoms with Gasteiger partial charge in [-0.1, -0.05) is 0 Å². The number of hydrogen-bond acceptors (Lipinski definition) is 5. The molecule has 1 aromatic carbocycles. The van der Waals surface area contributed by atoms with Crippen LogP contribution in [0.3, 0.4) is 0 Å². The Balaban J connectivity index is 1.67. The Kier molecular flexibility index (Phi) is 4.29. The summed E-state index contributed by atoms with van der Waals surface area (Å²) in [6, 6.07) is 7.24. The number of ether oxygens (including phenoxy) is 1. The molecule has 2 aromatic rings. The van der Waals surface area contributed by atoms with E-state index in [1.165, 1.54) is 11.3 Å². The molecule has 1 aromatic heterocycles. The van der Waals surface area contributed by atoms with Gasteiger partial charge in [0.25, 0.3) is 0 Å². The second-order valence-electron chi connectivity index (χ2n) is 5.39. The first kappa shape index (κ1) is 15.5. The predicted octanol–water partition coefficient (Wildman–Crippen LogP) is 2.45. The quantitative estimate of drug-likeness (QED) is 0.934. The first-order valence-corrected chi connectivity index (χ1v) is 8.12. The van der Waals surface area contributed by atoms with Gasteiger partial charge in [0.2, 0.25) is 11.8 Å². The van der Waals surface area contributed by atoms with E-state index in [0.717, 1.165) is 17.1 Å². The van der Waals surface area contributed by atoms with Gasteiger partial charge in [0.15, 0.2) is 5.13 Å². The van der Waals surface area contributed by atoms with Gasteiger partial charge < -0.3 is 15.0 Å². The summed E-state index contributed by atoms with van der Waals surface area (Å²) in [7, 11) is 1.59. The highest BCUT2D eigenvalue weighted by Crippen LogP contribution is 2.27. The lowest BCUT2D eigenvalue weighted by Crippen LogP contribution is -2.28. The minimum atomic E-state index is -0.367. The maximum Gasteiger partial charge on any atom is 0.231 e. The molecule has 1 fully saturated rings. The van der Waals surface area contributed by atoms with Gasteiger partial charge in [-0.25, -0.2) is 4.98 Å². The Labute approximate surface area is 138 Å². The molecule has 1 atom stereocenters. The van der Waals surface area contributed by atoms with Crippen molar-refractivity contribution in [2.24, 2.45) is 5.92 Å². The van der Waals surface area contributed by atoms with Crippen LogP contribution in [-0.2, 0) is 9.59 Å². The number of carbonyl (C=O) groups is 2. The Morgan fingerprint density at radius 3 is 2.74 bits per heavy atom. The number of nitrogens with one attached hydrogen (secondary N) is 1. The fourth-order valence-electron chi connectivity index (χ4n) is 2.51. The van der Waals surface area contributed by atoms with Crippen LogP contribution in [0.2, 0.25) is 0 Å². The average Bonchev–Trinajstić information content (AvgIpc) is 3.13. The van der Waals surface area contributed by atoms with E-state index in [2.05, 4.69) is 10.3 Å². The normalized spacial score (nSPS) is 17.4. The number of anilines is 2. The largest absolute Gasteiger partial charge is 0.497 e. The molecule has 2 heterocycles. The minimum absolute atomic E-state index is 0.0503. The number of aromatic nitrogens is 1. The molecule has 7 heteroatoms. The van der Waals surface area contributed by atoms with Crippen LogP contribution in [0.1, 0.15) is 12.1 Å². The Morgan fingerprint density at radius 2 is 2.13 bits per heavy atom. The van der Waals surface area contributed by atoms with Crippen LogP contribution in [-0.4, -0.2) is 30.5 Å². The third kappa shape index (κ3) is 3.34. The number of methoxy groups -OCH3 is 1. The molecule has 0 saturated carbocycles. The highest BCUT2D eigenvalue weighted by molar-refractivity contribution is 7.13. The lowest BCUT2D eigenvalue weighted by atomic mass is 10.1. The van der Waals surface area contributed by atoms with Crippen LogP contribution in [0.25, 0.3) is 0 Å². The van der Waals surface area contributed by atoms with Gasteiger partial charge >= 0.3 is 0 Å². The minimum Gasteiger partial charge on any atom is -0.497 e. The number of hydrogen-bond donors (Lipinski definition) is 1. The van der Waals surface area contributed by atoms with Crippen molar-refractivity contribution in [3.05, 3.63) is 35.3 Å². The molecule has 23 heavy (non-hydrogen) atoms. The van der Waals surface area contributed by atoms with Gasteiger partial charge in [0.1, 0.15) is 5.75 Å². The van der Waals surface area contributed by atoms with Crippen LogP contribution in [0.4, 0.5) is 10.8 Å². The topological polar surface area (TPSA) is 71.5 Å². The molecule has 1 aliphatic rings. The van der Waals surface area contributed by atoms with E-state index >= 15 is 0 Å². The van der Waals surface area contributed by atoms with E-state index in [-0.39, 0.29) is 24.2 Å². The van der Waals surface area contributed by atoms with Crippen molar-refractivity contribution in [3.8, 4) is 5.75 Å². The molecule has 1 saturated heterocycles. The Bertz CT molecular complexity index is 726. The first-order chi connectivity index (χ1) is 11.1. The van der Waals surface area contributed by atoms with Crippen LogP contribution in [0.15, 0.2) is 29.6 Å². The second-order valence-corrected chi connectivity index (χ2v) is 6.24. The van der Waals surface area contributed by atoms with Crippen molar-refractivity contribution in [1.29, 1.82) is 0 Å². The van der Waals surface area contributed by atoms with Gasteiger partial charge in [-0.2, -0.15) is 0 Å². The lowest BCUT2D eigenvalue weighted by Gasteiger charge is -2.16. The predicted molar refractivity (Wildman–Crippen MR) is 88.9 cm³/mol. The number of thiazole rings is 1. The molecule has 1 unspecified atom stereocenters. The molecule has 1 N–H and O–H groups in total. The molecular formula is C16H17N3O3S. The van der Waals surface area contributed by atoms with Crippen LogP contribution >= 0.6 is 11.3 Å². The zero-order valence-corrected chi connectivity index (χ0v) is 13.7. The van der Waals surface area contributed by atoms with Crippen molar-refractivity contribution in [1.82, 2.24) is 4.98 Å². The maximum absolute atomic E-state index is 12.3. The summed E-state index contributed by atoms with van der Waals surface area (Å²) in [5, 5.41) is 5.23. The van der Waals surface area contributed by atoms with Crippen LogP contribution < -0.4 is 15.0 Å². The van der Waals surface area contributed by atoms with E-state index in [9.17, 15) is 9.59 Å². The van der Waals surface area contributed by atoms with E-state index in [1.807, 2.05) is 24.4 Å². The van der Waals surface area contributed by atoms with Crippen molar-refractivity contribution in [3.63, 3.8) is 0 Å². The lowest BCUT2D eigenvalue weighted by molar-refractivity contribution is -0.122. The monoisotopic (exact) mass is 331 g/mol. The smallest absolute Gasteiger partial charge is 0.231 e. The maximum atomic E-state index is 12.3. The fourth-order valence-corrected chi connectivity index (χ4v) is 3.20. The van der Waals surface area contributed by atoms with E-state index in [4.69, 9.17) is 4.74 Å². The van der Waals surface area contributed by atoms with Gasteiger partial charge in [0.05, 0.1) is 18.7 Å². The molecule has 1 aliphatic heterocycles. The molecule has 0 radical (unpaired) electrons. The van der Waals surface area contributed by atoms with Gasteiger partial charge in [-0.05, 0) is 31.2 Å². The van der Waals surface area contributed by atoms with E-state index < -0.39 is 0 Å². The summed E-state index contributed by atoms with van der Waals surface area (Å²) in [4.78, 5) is 30.4. The van der Waals surface area contributed by atoms with Gasteiger partial charge in [-0.15, -0.1) is 11.3 Å². The van der Waals surface area contributed by atoms with Crippen molar-refractivity contribution >= 4 is 34.0 Å². The van der Waals surface area contributed by atoms with Gasteiger partial charge in [0, 0.05) is 24.0 Å².